The van der Waals surface area contributed by atoms with E-state index in [2.05, 4.69) is 61.8 Å². The Kier molecular flexibility index (Phi) is 8.64. The molecule has 0 aromatic carbocycles. The summed E-state index contributed by atoms with van der Waals surface area (Å²) in [5.74, 6) is 2.01. The first kappa shape index (κ1) is 21.0. The first-order chi connectivity index (χ1) is 12.3. The third-order valence-electron chi connectivity index (χ3n) is 4.54. The minimum atomic E-state index is 0. The predicted molar refractivity (Wildman–Crippen MR) is 122 cm³/mol. The van der Waals surface area contributed by atoms with Gasteiger partial charge in [-0.2, -0.15) is 0 Å². The van der Waals surface area contributed by atoms with Crippen LogP contribution in [0.5, 0.6) is 0 Å². The molecule has 5 nitrogen and oxygen atoms in total. The Morgan fingerprint density at radius 1 is 1.31 bits per heavy atom. The van der Waals surface area contributed by atoms with Gasteiger partial charge < -0.3 is 15.1 Å². The highest BCUT2D eigenvalue weighted by atomic mass is 127. The second-order valence-electron chi connectivity index (χ2n) is 6.37. The van der Waals surface area contributed by atoms with Crippen LogP contribution >= 0.6 is 35.3 Å². The number of rotatable bonds is 6. The Morgan fingerprint density at radius 3 is 2.73 bits per heavy atom. The van der Waals surface area contributed by atoms with Crippen LogP contribution < -0.4 is 10.2 Å². The number of halogens is 1. The van der Waals surface area contributed by atoms with Crippen molar-refractivity contribution in [2.24, 2.45) is 4.99 Å². The highest BCUT2D eigenvalue weighted by Crippen LogP contribution is 2.17. The topological polar surface area (TPSA) is 43.8 Å². The van der Waals surface area contributed by atoms with Gasteiger partial charge in [-0.3, -0.25) is 4.99 Å². The van der Waals surface area contributed by atoms with Crippen LogP contribution in [-0.2, 0) is 13.0 Å². The normalized spacial score (nSPS) is 14.2. The van der Waals surface area contributed by atoms with Gasteiger partial charge in [0, 0.05) is 51.3 Å². The number of nitrogens with zero attached hydrogens (tertiary/aromatic N) is 4. The van der Waals surface area contributed by atoms with Gasteiger partial charge in [0.1, 0.15) is 5.82 Å². The molecule has 0 radical (unpaired) electrons. The van der Waals surface area contributed by atoms with E-state index in [-0.39, 0.29) is 24.0 Å². The molecule has 7 heteroatoms. The highest BCUT2D eigenvalue weighted by Gasteiger charge is 2.13. The van der Waals surface area contributed by atoms with E-state index in [4.69, 9.17) is 0 Å². The van der Waals surface area contributed by atoms with Crippen LogP contribution in [0.15, 0.2) is 40.8 Å². The molecule has 1 aliphatic rings. The number of pyridine rings is 1. The van der Waals surface area contributed by atoms with Crippen molar-refractivity contribution in [3.05, 3.63) is 46.3 Å². The van der Waals surface area contributed by atoms with Crippen molar-refractivity contribution in [1.29, 1.82) is 0 Å². The molecular formula is C19H28IN5S. The zero-order valence-electron chi connectivity index (χ0n) is 15.5. The number of likely N-dealkylation sites (N-methyl/N-ethyl adjacent to an activating group) is 1. The fraction of sp³-hybridized carbons (Fsp3) is 0.474. The predicted octanol–water partition coefficient (Wildman–Crippen LogP) is 3.61. The molecule has 1 N–H and O–H groups in total. The van der Waals surface area contributed by atoms with Crippen LogP contribution in [0.1, 0.15) is 23.3 Å². The van der Waals surface area contributed by atoms with Gasteiger partial charge in [0.25, 0.3) is 0 Å². The lowest BCUT2D eigenvalue weighted by molar-refractivity contribution is 0.486. The van der Waals surface area contributed by atoms with E-state index < -0.39 is 0 Å². The van der Waals surface area contributed by atoms with Crippen molar-refractivity contribution in [2.75, 3.05) is 38.6 Å². The van der Waals surface area contributed by atoms with Crippen molar-refractivity contribution in [3.63, 3.8) is 0 Å². The van der Waals surface area contributed by atoms with Crippen LogP contribution in [-0.4, -0.2) is 49.6 Å². The molecule has 0 bridgehead atoms. The summed E-state index contributed by atoms with van der Waals surface area (Å²) in [6, 6.07) is 8.58. The first-order valence-electron chi connectivity index (χ1n) is 8.90. The highest BCUT2D eigenvalue weighted by molar-refractivity contribution is 14.0. The van der Waals surface area contributed by atoms with Crippen molar-refractivity contribution in [2.45, 2.75) is 25.8 Å². The molecule has 0 amide bonds. The van der Waals surface area contributed by atoms with Gasteiger partial charge in [-0.1, -0.05) is 12.1 Å². The maximum Gasteiger partial charge on any atom is 0.193 e. The van der Waals surface area contributed by atoms with E-state index in [1.807, 2.05) is 13.2 Å². The van der Waals surface area contributed by atoms with E-state index in [1.54, 1.807) is 11.3 Å². The van der Waals surface area contributed by atoms with Gasteiger partial charge in [0.2, 0.25) is 0 Å². The van der Waals surface area contributed by atoms with Gasteiger partial charge in [-0.15, -0.1) is 35.3 Å². The second kappa shape index (κ2) is 10.7. The third kappa shape index (κ3) is 5.84. The molecule has 3 heterocycles. The zero-order valence-corrected chi connectivity index (χ0v) is 18.7. The molecule has 26 heavy (non-hydrogen) atoms. The number of hydrogen-bond acceptors (Lipinski definition) is 4. The maximum atomic E-state index is 4.61. The fourth-order valence-corrected chi connectivity index (χ4v) is 3.76. The second-order valence-corrected chi connectivity index (χ2v) is 7.40. The van der Waals surface area contributed by atoms with E-state index in [1.165, 1.54) is 23.3 Å². The SMILES string of the molecule is CN=C(NCc1ccc(N2CCCC2)nc1)N(C)CCc1cccs1.I. The molecule has 1 saturated heterocycles. The molecular weight excluding hydrogens is 457 g/mol. The molecule has 0 spiro atoms. The van der Waals surface area contributed by atoms with Gasteiger partial charge in [0.05, 0.1) is 0 Å². The van der Waals surface area contributed by atoms with Gasteiger partial charge in [-0.25, -0.2) is 4.98 Å². The number of thiophene rings is 1. The first-order valence-corrected chi connectivity index (χ1v) is 9.78. The Bertz CT molecular complexity index is 666. The van der Waals surface area contributed by atoms with Gasteiger partial charge in [0.15, 0.2) is 5.96 Å². The summed E-state index contributed by atoms with van der Waals surface area (Å²) in [7, 11) is 3.91. The van der Waals surface area contributed by atoms with Gasteiger partial charge >= 0.3 is 0 Å². The van der Waals surface area contributed by atoms with E-state index >= 15 is 0 Å². The third-order valence-corrected chi connectivity index (χ3v) is 5.47. The molecule has 2 aromatic rings. The van der Waals surface area contributed by atoms with E-state index in [0.717, 1.165) is 44.4 Å². The summed E-state index contributed by atoms with van der Waals surface area (Å²) in [6.45, 7) is 3.95. The standard InChI is InChI=1S/C19H27N5S.HI/c1-20-19(23(2)12-9-17-6-5-13-25-17)22-15-16-7-8-18(21-14-16)24-10-3-4-11-24;/h5-8,13-14H,3-4,9-12,15H2,1-2H3,(H,20,22);1H. The number of guanidine groups is 1. The summed E-state index contributed by atoms with van der Waals surface area (Å²) in [5, 5.41) is 5.56. The molecule has 2 aromatic heterocycles. The van der Waals surface area contributed by atoms with Crippen molar-refractivity contribution >= 4 is 47.1 Å². The number of anilines is 1. The molecule has 1 fully saturated rings. The average molecular weight is 485 g/mol. The monoisotopic (exact) mass is 485 g/mol. The van der Waals surface area contributed by atoms with Crippen molar-refractivity contribution < 1.29 is 0 Å². The summed E-state index contributed by atoms with van der Waals surface area (Å²) in [6.07, 6.45) is 5.57. The quantitative estimate of drug-likeness (QED) is 0.386. The van der Waals surface area contributed by atoms with Crippen LogP contribution in [0.2, 0.25) is 0 Å². The van der Waals surface area contributed by atoms with Crippen molar-refractivity contribution in [3.8, 4) is 0 Å². The Balaban J connectivity index is 0.00000243. The van der Waals surface area contributed by atoms with Crippen LogP contribution in [0.25, 0.3) is 0 Å². The Hall–Kier alpha value is -1.35. The number of nitrogens with one attached hydrogen (secondary N) is 1. The van der Waals surface area contributed by atoms with Gasteiger partial charge in [-0.05, 0) is 42.3 Å². The lowest BCUT2D eigenvalue weighted by Crippen LogP contribution is -2.39. The minimum Gasteiger partial charge on any atom is -0.357 e. The molecule has 0 atom stereocenters. The lowest BCUT2D eigenvalue weighted by Gasteiger charge is -2.22. The lowest BCUT2D eigenvalue weighted by atomic mass is 10.2. The zero-order chi connectivity index (χ0) is 17.5. The Labute approximate surface area is 177 Å². The number of aromatic nitrogens is 1. The van der Waals surface area contributed by atoms with Crippen LogP contribution in [0.4, 0.5) is 5.82 Å². The maximum absolute atomic E-state index is 4.61. The summed E-state index contributed by atoms with van der Waals surface area (Å²) < 4.78 is 0. The molecule has 0 unspecified atom stereocenters. The molecule has 0 aliphatic carbocycles. The summed E-state index contributed by atoms with van der Waals surface area (Å²) >= 11 is 1.81. The van der Waals surface area contributed by atoms with Crippen LogP contribution in [0, 0.1) is 0 Å². The Morgan fingerprint density at radius 2 is 2.12 bits per heavy atom. The number of aliphatic imine (C=N–C) groups is 1. The molecule has 1 aliphatic heterocycles. The molecule has 3 rings (SSSR count). The summed E-state index contributed by atoms with van der Waals surface area (Å²) in [4.78, 5) is 14.9. The smallest absolute Gasteiger partial charge is 0.193 e. The minimum absolute atomic E-state index is 0. The van der Waals surface area contributed by atoms with Crippen LogP contribution in [0.3, 0.4) is 0 Å². The molecule has 0 saturated carbocycles. The van der Waals surface area contributed by atoms with E-state index in [9.17, 15) is 0 Å². The average Bonchev–Trinajstić information content (AvgIpc) is 3.35. The number of hydrogen-bond donors (Lipinski definition) is 1. The summed E-state index contributed by atoms with van der Waals surface area (Å²) in [5.41, 5.74) is 1.18. The fourth-order valence-electron chi connectivity index (χ4n) is 3.06. The van der Waals surface area contributed by atoms with Crippen molar-refractivity contribution in [1.82, 2.24) is 15.2 Å². The molecule has 142 valence electrons. The largest absolute Gasteiger partial charge is 0.357 e. The van der Waals surface area contributed by atoms with E-state index in [0.29, 0.717) is 0 Å².